The average Bonchev–Trinajstić information content (AvgIpc) is 3.10. The Bertz CT molecular complexity index is 1360. The Morgan fingerprint density at radius 2 is 1.91 bits per heavy atom. The van der Waals surface area contributed by atoms with Gasteiger partial charge >= 0.3 is 0 Å². The van der Waals surface area contributed by atoms with Crippen molar-refractivity contribution in [2.75, 3.05) is 17.2 Å². The van der Waals surface area contributed by atoms with Gasteiger partial charge in [-0.25, -0.2) is 14.7 Å². The second-order valence-corrected chi connectivity index (χ2v) is 10.9. The molecule has 3 aromatic rings. The number of nitrogens with two attached hydrogens (primary N) is 1. The summed E-state index contributed by atoms with van der Waals surface area (Å²) in [7, 11) is -4.26. The molecule has 1 saturated heterocycles. The monoisotopic (exact) mass is 495 g/mol. The van der Waals surface area contributed by atoms with E-state index in [0.29, 0.717) is 23.8 Å². The van der Waals surface area contributed by atoms with Crippen molar-refractivity contribution in [3.05, 3.63) is 65.9 Å². The maximum atomic E-state index is 13.4. The van der Waals surface area contributed by atoms with Gasteiger partial charge < -0.3 is 15.7 Å². The molecule has 1 atom stereocenters. The zero-order valence-corrected chi connectivity index (χ0v) is 20.7. The van der Waals surface area contributed by atoms with Crippen molar-refractivity contribution in [1.82, 2.24) is 14.7 Å². The van der Waals surface area contributed by atoms with Gasteiger partial charge in [0.05, 0.1) is 12.2 Å². The molecule has 1 amide bonds. The van der Waals surface area contributed by atoms with Gasteiger partial charge in [-0.15, -0.1) is 0 Å². The molecule has 1 fully saturated rings. The van der Waals surface area contributed by atoms with Crippen molar-refractivity contribution in [1.29, 1.82) is 0 Å². The fourth-order valence-electron chi connectivity index (χ4n) is 4.22. The lowest BCUT2D eigenvalue weighted by Gasteiger charge is -2.36. The largest absolute Gasteiger partial charge is 0.392 e. The van der Waals surface area contributed by atoms with Crippen LogP contribution < -0.4 is 15.4 Å². The van der Waals surface area contributed by atoms with Gasteiger partial charge in [0.25, 0.3) is 15.9 Å². The van der Waals surface area contributed by atoms with Gasteiger partial charge in [0.15, 0.2) is 5.03 Å². The molecular weight excluding hydrogens is 466 g/mol. The Labute approximate surface area is 205 Å². The molecule has 4 rings (SSSR count). The lowest BCUT2D eigenvalue weighted by molar-refractivity contribution is 0.0981. The van der Waals surface area contributed by atoms with Crippen LogP contribution in [0.5, 0.6) is 0 Å². The van der Waals surface area contributed by atoms with Crippen LogP contribution in [0.25, 0.3) is 11.1 Å². The minimum absolute atomic E-state index is 0.0313. The number of sulfonamides is 1. The van der Waals surface area contributed by atoms with Crippen molar-refractivity contribution in [3.8, 4) is 11.1 Å². The topological polar surface area (TPSA) is 139 Å². The summed E-state index contributed by atoms with van der Waals surface area (Å²) in [4.78, 5) is 23.9. The fourth-order valence-corrected chi connectivity index (χ4v) is 5.16. The summed E-state index contributed by atoms with van der Waals surface area (Å²) in [6, 6.07) is 13.0. The first-order valence-corrected chi connectivity index (χ1v) is 12.8. The molecule has 0 spiro atoms. The summed E-state index contributed by atoms with van der Waals surface area (Å²) in [5, 5.41) is 8.98. The average molecular weight is 496 g/mol. The maximum absolute atomic E-state index is 13.4. The Balaban J connectivity index is 1.77. The van der Waals surface area contributed by atoms with Crippen LogP contribution in [0, 0.1) is 5.92 Å². The van der Waals surface area contributed by atoms with Crippen LogP contribution in [0.15, 0.2) is 59.8 Å². The lowest BCUT2D eigenvalue weighted by Crippen LogP contribution is -2.43. The molecule has 0 saturated carbocycles. The molecule has 35 heavy (non-hydrogen) atoms. The van der Waals surface area contributed by atoms with Gasteiger partial charge in [0.1, 0.15) is 11.6 Å². The lowest BCUT2D eigenvalue weighted by atomic mass is 9.90. The molecule has 0 radical (unpaired) electrons. The van der Waals surface area contributed by atoms with Crippen LogP contribution in [0.3, 0.4) is 0 Å². The van der Waals surface area contributed by atoms with Gasteiger partial charge in [-0.3, -0.25) is 4.79 Å². The maximum Gasteiger partial charge on any atom is 0.281 e. The van der Waals surface area contributed by atoms with Gasteiger partial charge in [-0.1, -0.05) is 37.3 Å². The summed E-state index contributed by atoms with van der Waals surface area (Å²) >= 11 is 0. The van der Waals surface area contributed by atoms with Crippen molar-refractivity contribution in [2.24, 2.45) is 5.92 Å². The van der Waals surface area contributed by atoms with Crippen LogP contribution in [0.1, 0.15) is 43.1 Å². The van der Waals surface area contributed by atoms with Crippen molar-refractivity contribution < 1.29 is 18.3 Å². The number of aliphatic hydroxyl groups excluding tert-OH is 1. The highest BCUT2D eigenvalue weighted by Crippen LogP contribution is 2.39. The Kier molecular flexibility index (Phi) is 6.52. The Morgan fingerprint density at radius 1 is 1.20 bits per heavy atom. The van der Waals surface area contributed by atoms with Crippen LogP contribution in [0.4, 0.5) is 11.6 Å². The molecule has 4 N–H and O–H groups in total. The van der Waals surface area contributed by atoms with Crippen LogP contribution in [-0.4, -0.2) is 41.5 Å². The van der Waals surface area contributed by atoms with Gasteiger partial charge in [0, 0.05) is 23.8 Å². The van der Waals surface area contributed by atoms with E-state index in [1.165, 1.54) is 18.2 Å². The first kappa shape index (κ1) is 24.6. The van der Waals surface area contributed by atoms with Crippen molar-refractivity contribution >= 4 is 27.6 Å². The van der Waals surface area contributed by atoms with E-state index in [4.69, 9.17) is 5.73 Å². The molecule has 2 aromatic heterocycles. The molecular formula is C25H29N5O4S. The third-order valence-electron chi connectivity index (χ3n) is 6.77. The molecule has 0 bridgehead atoms. The molecule has 1 aliphatic rings. The first-order valence-electron chi connectivity index (χ1n) is 11.3. The number of hydrogen-bond donors (Lipinski definition) is 3. The van der Waals surface area contributed by atoms with Crippen molar-refractivity contribution in [2.45, 2.75) is 44.4 Å². The number of hydrogen-bond acceptors (Lipinski definition) is 8. The number of nitrogen functional groups attached to an aromatic ring is 1. The molecule has 9 nitrogen and oxygen atoms in total. The first-order chi connectivity index (χ1) is 16.5. The molecule has 1 aromatic carbocycles. The van der Waals surface area contributed by atoms with E-state index in [2.05, 4.69) is 40.4 Å². The molecule has 184 valence electrons. The number of carbonyl (C=O) groups is 1. The van der Waals surface area contributed by atoms with Crippen molar-refractivity contribution in [3.63, 3.8) is 0 Å². The van der Waals surface area contributed by atoms with Gasteiger partial charge in [0.2, 0.25) is 0 Å². The van der Waals surface area contributed by atoms with E-state index >= 15 is 0 Å². The highest BCUT2D eigenvalue weighted by atomic mass is 32.2. The highest BCUT2D eigenvalue weighted by Gasteiger charge is 2.41. The molecule has 10 heteroatoms. The van der Waals surface area contributed by atoms with Gasteiger partial charge in [-0.2, -0.15) is 8.42 Å². The molecule has 1 unspecified atom stereocenters. The number of pyridine rings is 2. The van der Waals surface area contributed by atoms with E-state index in [1.54, 1.807) is 24.4 Å². The number of rotatable bonds is 6. The summed E-state index contributed by atoms with van der Waals surface area (Å²) in [6.07, 6.45) is 2.60. The number of benzene rings is 1. The highest BCUT2D eigenvalue weighted by molar-refractivity contribution is 7.90. The zero-order valence-electron chi connectivity index (χ0n) is 19.9. The number of anilines is 2. The fraction of sp³-hybridized carbons (Fsp3) is 0.320. The quantitative estimate of drug-likeness (QED) is 0.474. The minimum atomic E-state index is -4.26. The molecule has 0 aliphatic carbocycles. The van der Waals surface area contributed by atoms with E-state index in [1.807, 2.05) is 12.1 Å². The van der Waals surface area contributed by atoms with Crippen LogP contribution in [0.2, 0.25) is 0 Å². The number of aromatic nitrogens is 2. The molecule has 1 aliphatic heterocycles. The number of nitrogens with one attached hydrogen (secondary N) is 1. The number of carbonyl (C=O) groups excluding carboxylic acids is 1. The number of aliphatic hydroxyl groups is 1. The summed E-state index contributed by atoms with van der Waals surface area (Å²) in [5.74, 6) is -0.000772. The summed E-state index contributed by atoms with van der Waals surface area (Å²) < 4.78 is 27.9. The van der Waals surface area contributed by atoms with E-state index in [-0.39, 0.29) is 28.6 Å². The normalized spacial score (nSPS) is 17.4. The number of nitrogens with zero attached hydrogens (tertiary/aromatic N) is 3. The SMILES string of the molecule is CC1CCN(c2ncc(-c3ccc(CO)cc3)cc2C(=O)NS(=O)(=O)c2cccc(N)n2)C1(C)C. The third kappa shape index (κ3) is 4.85. The van der Waals surface area contributed by atoms with Gasteiger partial charge in [-0.05, 0) is 55.5 Å². The predicted octanol–water partition coefficient (Wildman–Crippen LogP) is 2.96. The number of amides is 1. The molecule has 3 heterocycles. The minimum Gasteiger partial charge on any atom is -0.392 e. The Morgan fingerprint density at radius 3 is 2.51 bits per heavy atom. The third-order valence-corrected chi connectivity index (χ3v) is 8.00. The van der Waals surface area contributed by atoms with E-state index in [9.17, 15) is 18.3 Å². The second kappa shape index (κ2) is 9.27. The predicted molar refractivity (Wildman–Crippen MR) is 134 cm³/mol. The zero-order chi connectivity index (χ0) is 25.4. The van der Waals surface area contributed by atoms with Crippen LogP contribution >= 0.6 is 0 Å². The van der Waals surface area contributed by atoms with E-state index in [0.717, 1.165) is 17.5 Å². The standard InChI is InChI=1S/C25H29N5O4S/c1-16-11-12-30(25(16,2)3)23-20(13-19(14-27-23)18-9-7-17(15-31)8-10-18)24(32)29-35(33,34)22-6-4-5-21(26)28-22/h4-10,13-14,16,31H,11-12,15H2,1-3H3,(H2,26,28)(H,29,32). The Hall–Kier alpha value is -3.50. The summed E-state index contributed by atoms with van der Waals surface area (Å²) in [5.41, 5.74) is 7.68. The summed E-state index contributed by atoms with van der Waals surface area (Å²) in [6.45, 7) is 6.93. The second-order valence-electron chi connectivity index (χ2n) is 9.28. The smallest absolute Gasteiger partial charge is 0.281 e. The van der Waals surface area contributed by atoms with Crippen LogP contribution in [-0.2, 0) is 16.6 Å². The van der Waals surface area contributed by atoms with E-state index < -0.39 is 15.9 Å².